The van der Waals surface area contributed by atoms with E-state index in [2.05, 4.69) is 32.1 Å². The van der Waals surface area contributed by atoms with Gasteiger partial charge in [-0.25, -0.2) is 4.98 Å². The summed E-state index contributed by atoms with van der Waals surface area (Å²) in [5.41, 5.74) is 2.37. The number of anilines is 1. The van der Waals surface area contributed by atoms with Gasteiger partial charge in [0.25, 0.3) is 5.91 Å². The van der Waals surface area contributed by atoms with E-state index in [9.17, 15) is 4.79 Å². The Balaban J connectivity index is 1.58. The minimum atomic E-state index is -0.203. The van der Waals surface area contributed by atoms with Crippen LogP contribution >= 0.6 is 11.3 Å². The van der Waals surface area contributed by atoms with Crippen LogP contribution in [0.4, 0.5) is 5.13 Å². The predicted molar refractivity (Wildman–Crippen MR) is 110 cm³/mol. The first-order valence-corrected chi connectivity index (χ1v) is 10.0. The van der Waals surface area contributed by atoms with E-state index in [1.165, 1.54) is 11.3 Å². The third-order valence-electron chi connectivity index (χ3n) is 4.74. The molecule has 144 valence electrons. The van der Waals surface area contributed by atoms with E-state index in [0.717, 1.165) is 48.9 Å². The average molecular weight is 395 g/mol. The van der Waals surface area contributed by atoms with Crippen LogP contribution < -0.4 is 5.32 Å². The second-order valence-electron chi connectivity index (χ2n) is 6.81. The highest BCUT2D eigenvalue weighted by Crippen LogP contribution is 2.32. The molecule has 0 saturated carbocycles. The highest BCUT2D eigenvalue weighted by Gasteiger charge is 2.20. The summed E-state index contributed by atoms with van der Waals surface area (Å²) < 4.78 is 0. The van der Waals surface area contributed by atoms with E-state index in [4.69, 9.17) is 4.98 Å². The minimum absolute atomic E-state index is 0.203. The molecule has 1 saturated heterocycles. The van der Waals surface area contributed by atoms with Crippen molar-refractivity contribution in [2.45, 2.75) is 6.54 Å². The molecular weight excluding hydrogens is 372 g/mol. The third kappa shape index (κ3) is 4.41. The lowest BCUT2D eigenvalue weighted by Gasteiger charge is -2.32. The third-order valence-corrected chi connectivity index (χ3v) is 5.70. The molecule has 0 aromatic carbocycles. The molecule has 8 heteroatoms. The van der Waals surface area contributed by atoms with E-state index in [-0.39, 0.29) is 5.91 Å². The van der Waals surface area contributed by atoms with Gasteiger partial charge in [0.15, 0.2) is 5.13 Å². The van der Waals surface area contributed by atoms with Crippen molar-refractivity contribution >= 4 is 22.4 Å². The van der Waals surface area contributed by atoms with Crippen LogP contribution in [0, 0.1) is 0 Å². The van der Waals surface area contributed by atoms with E-state index < -0.39 is 0 Å². The number of carbonyl (C=O) groups excluding carboxylic acids is 1. The number of pyridine rings is 2. The zero-order valence-corrected chi connectivity index (χ0v) is 16.5. The van der Waals surface area contributed by atoms with Gasteiger partial charge < -0.3 is 4.90 Å². The molecule has 0 aliphatic carbocycles. The predicted octanol–water partition coefficient (Wildman–Crippen LogP) is 2.60. The molecule has 3 aromatic heterocycles. The van der Waals surface area contributed by atoms with Gasteiger partial charge in [0, 0.05) is 68.0 Å². The topological polar surface area (TPSA) is 74.2 Å². The van der Waals surface area contributed by atoms with Gasteiger partial charge in [-0.3, -0.25) is 25.0 Å². The lowest BCUT2D eigenvalue weighted by Crippen LogP contribution is -2.43. The largest absolute Gasteiger partial charge is 0.304 e. The van der Waals surface area contributed by atoms with Crippen LogP contribution in [0.15, 0.2) is 49.1 Å². The van der Waals surface area contributed by atoms with Crippen molar-refractivity contribution in [3.05, 3.63) is 59.5 Å². The molecule has 1 fully saturated rings. The van der Waals surface area contributed by atoms with Crippen LogP contribution in [0.25, 0.3) is 11.3 Å². The first kappa shape index (κ1) is 18.7. The smallest absolute Gasteiger partial charge is 0.259 e. The second-order valence-corrected chi connectivity index (χ2v) is 7.89. The molecule has 0 spiro atoms. The number of aromatic nitrogens is 3. The molecule has 4 heterocycles. The Labute approximate surface area is 168 Å². The Hall–Kier alpha value is -2.68. The Kier molecular flexibility index (Phi) is 5.70. The number of rotatable bonds is 5. The van der Waals surface area contributed by atoms with Gasteiger partial charge in [0.2, 0.25) is 0 Å². The number of amides is 1. The number of hydrogen-bond acceptors (Lipinski definition) is 7. The van der Waals surface area contributed by atoms with Crippen LogP contribution in [-0.2, 0) is 6.54 Å². The number of piperazine rings is 1. The summed E-state index contributed by atoms with van der Waals surface area (Å²) in [4.78, 5) is 31.3. The van der Waals surface area contributed by atoms with Crippen LogP contribution in [-0.4, -0.2) is 63.9 Å². The van der Waals surface area contributed by atoms with Crippen molar-refractivity contribution in [3.63, 3.8) is 0 Å². The number of likely N-dealkylation sites (N-methyl/N-ethyl adjacent to an activating group) is 1. The zero-order valence-electron chi connectivity index (χ0n) is 15.7. The minimum Gasteiger partial charge on any atom is -0.304 e. The van der Waals surface area contributed by atoms with Crippen LogP contribution in [0.2, 0.25) is 0 Å². The molecule has 0 bridgehead atoms. The molecule has 0 radical (unpaired) electrons. The number of hydrogen-bond donors (Lipinski definition) is 1. The van der Waals surface area contributed by atoms with Crippen molar-refractivity contribution in [1.29, 1.82) is 0 Å². The molecular formula is C20H22N6OS. The van der Waals surface area contributed by atoms with Crippen molar-refractivity contribution in [2.75, 3.05) is 38.5 Å². The molecule has 3 aromatic rings. The number of thiazole rings is 1. The summed E-state index contributed by atoms with van der Waals surface area (Å²) in [6, 6.07) is 7.39. The van der Waals surface area contributed by atoms with E-state index in [0.29, 0.717) is 10.7 Å². The van der Waals surface area contributed by atoms with Gasteiger partial charge >= 0.3 is 0 Å². The second kappa shape index (κ2) is 8.55. The molecule has 7 nitrogen and oxygen atoms in total. The average Bonchev–Trinajstić information content (AvgIpc) is 3.13. The van der Waals surface area contributed by atoms with Gasteiger partial charge in [0.05, 0.1) is 11.3 Å². The standard InChI is InChI=1S/C20H22N6OS/c1-25-8-10-26(11-9-25)14-17-18(15-4-2-6-21-12-15)23-20(28-17)24-19(27)16-5-3-7-22-13-16/h2-7,12-13H,8-11,14H2,1H3,(H,23,24,27). The zero-order chi connectivity index (χ0) is 19.3. The monoisotopic (exact) mass is 394 g/mol. The summed E-state index contributed by atoms with van der Waals surface area (Å²) in [6.07, 6.45) is 6.77. The van der Waals surface area contributed by atoms with E-state index >= 15 is 0 Å². The van der Waals surface area contributed by atoms with Crippen LogP contribution in [0.3, 0.4) is 0 Å². The Bertz CT molecular complexity index is 922. The fourth-order valence-corrected chi connectivity index (χ4v) is 4.14. The maximum absolute atomic E-state index is 12.5. The summed E-state index contributed by atoms with van der Waals surface area (Å²) in [7, 11) is 2.15. The van der Waals surface area contributed by atoms with Gasteiger partial charge in [-0.1, -0.05) is 11.3 Å². The Morgan fingerprint density at radius 1 is 1.11 bits per heavy atom. The first-order valence-electron chi connectivity index (χ1n) is 9.21. The molecule has 1 amide bonds. The number of carbonyl (C=O) groups is 1. The highest BCUT2D eigenvalue weighted by molar-refractivity contribution is 7.16. The van der Waals surface area contributed by atoms with Crippen molar-refractivity contribution in [2.24, 2.45) is 0 Å². The molecule has 4 rings (SSSR count). The number of nitrogens with one attached hydrogen (secondary N) is 1. The van der Waals surface area contributed by atoms with E-state index in [1.54, 1.807) is 30.7 Å². The Morgan fingerprint density at radius 3 is 2.54 bits per heavy atom. The van der Waals surface area contributed by atoms with Gasteiger partial charge in [-0.05, 0) is 31.3 Å². The molecule has 0 atom stereocenters. The summed E-state index contributed by atoms with van der Waals surface area (Å²) >= 11 is 1.53. The maximum atomic E-state index is 12.5. The quantitative estimate of drug-likeness (QED) is 0.717. The summed E-state index contributed by atoms with van der Waals surface area (Å²) in [5, 5.41) is 3.51. The fourth-order valence-electron chi connectivity index (χ4n) is 3.12. The molecule has 1 aliphatic heterocycles. The lowest BCUT2D eigenvalue weighted by atomic mass is 10.2. The number of nitrogens with zero attached hydrogens (tertiary/aromatic N) is 5. The first-order chi connectivity index (χ1) is 13.7. The van der Waals surface area contributed by atoms with Crippen LogP contribution in [0.5, 0.6) is 0 Å². The van der Waals surface area contributed by atoms with Crippen molar-refractivity contribution in [1.82, 2.24) is 24.8 Å². The van der Waals surface area contributed by atoms with Gasteiger partial charge in [-0.2, -0.15) is 0 Å². The molecule has 1 N–H and O–H groups in total. The van der Waals surface area contributed by atoms with Crippen molar-refractivity contribution < 1.29 is 4.79 Å². The normalized spacial score (nSPS) is 15.5. The molecule has 28 heavy (non-hydrogen) atoms. The lowest BCUT2D eigenvalue weighted by molar-refractivity contribution is 0.102. The van der Waals surface area contributed by atoms with Gasteiger partial charge in [-0.15, -0.1) is 0 Å². The summed E-state index contributed by atoms with van der Waals surface area (Å²) in [5.74, 6) is -0.203. The Morgan fingerprint density at radius 2 is 1.86 bits per heavy atom. The highest BCUT2D eigenvalue weighted by atomic mass is 32.1. The van der Waals surface area contributed by atoms with Crippen molar-refractivity contribution in [3.8, 4) is 11.3 Å². The maximum Gasteiger partial charge on any atom is 0.259 e. The fraction of sp³-hybridized carbons (Fsp3) is 0.300. The van der Waals surface area contributed by atoms with Crippen LogP contribution in [0.1, 0.15) is 15.2 Å². The van der Waals surface area contributed by atoms with E-state index in [1.807, 2.05) is 18.3 Å². The summed E-state index contributed by atoms with van der Waals surface area (Å²) in [6.45, 7) is 4.99. The van der Waals surface area contributed by atoms with Gasteiger partial charge in [0.1, 0.15) is 0 Å². The molecule has 0 unspecified atom stereocenters. The SMILES string of the molecule is CN1CCN(Cc2sc(NC(=O)c3cccnc3)nc2-c2cccnc2)CC1. The molecule has 1 aliphatic rings.